The monoisotopic (exact) mass is 255 g/mol. The summed E-state index contributed by atoms with van der Waals surface area (Å²) in [6, 6.07) is 3.39. The minimum atomic E-state index is -0.455. The van der Waals surface area contributed by atoms with Crippen molar-refractivity contribution < 1.29 is 24.1 Å². The van der Waals surface area contributed by atoms with Crippen LogP contribution in [0.1, 0.15) is 5.56 Å². The van der Waals surface area contributed by atoms with Crippen molar-refractivity contribution in [2.45, 2.75) is 0 Å². The molecule has 0 atom stereocenters. The molecule has 0 heterocycles. The zero-order valence-electron chi connectivity index (χ0n) is 10.9. The Morgan fingerprint density at radius 3 is 2.00 bits per heavy atom. The number of aliphatic imine (C=N–C) groups is 1. The highest BCUT2D eigenvalue weighted by atomic mass is 16.6. The van der Waals surface area contributed by atoms with E-state index in [1.807, 2.05) is 0 Å². The van der Waals surface area contributed by atoms with Gasteiger partial charge in [-0.3, -0.25) is 4.99 Å². The predicted molar refractivity (Wildman–Crippen MR) is 66.7 cm³/mol. The van der Waals surface area contributed by atoms with E-state index in [-0.39, 0.29) is 5.90 Å². The molecule has 0 spiro atoms. The Bertz CT molecular complexity index is 405. The van der Waals surface area contributed by atoms with Crippen LogP contribution in [0.3, 0.4) is 0 Å². The summed E-state index contributed by atoms with van der Waals surface area (Å²) in [5.41, 5.74) is 0.626. The molecule has 0 saturated heterocycles. The smallest absolute Gasteiger partial charge is 0.218 e. The molecule has 1 aromatic rings. The normalized spacial score (nSPS) is 11.1. The molecular weight excluding hydrogens is 238 g/mol. The highest BCUT2D eigenvalue weighted by Crippen LogP contribution is 2.38. The Kier molecular flexibility index (Phi) is 5.26. The minimum Gasteiger partial charge on any atom is -0.493 e. The predicted octanol–water partition coefficient (Wildman–Crippen LogP) is 1.06. The van der Waals surface area contributed by atoms with Crippen molar-refractivity contribution >= 4 is 5.90 Å². The molecular formula is C12H17NO5. The number of hydrogen-bond acceptors (Lipinski definition) is 6. The molecule has 18 heavy (non-hydrogen) atoms. The van der Waals surface area contributed by atoms with Gasteiger partial charge in [-0.1, -0.05) is 0 Å². The second-order valence-corrected chi connectivity index (χ2v) is 3.22. The maximum Gasteiger partial charge on any atom is 0.218 e. The Hall–Kier alpha value is -1.95. The van der Waals surface area contributed by atoms with Crippen molar-refractivity contribution in [1.82, 2.24) is 0 Å². The highest BCUT2D eigenvalue weighted by Gasteiger charge is 2.16. The van der Waals surface area contributed by atoms with E-state index in [1.54, 1.807) is 19.2 Å². The van der Waals surface area contributed by atoms with E-state index >= 15 is 0 Å². The summed E-state index contributed by atoms with van der Waals surface area (Å²) >= 11 is 0. The number of aliphatic hydroxyl groups excluding tert-OH is 1. The van der Waals surface area contributed by atoms with Crippen LogP contribution < -0.4 is 14.2 Å². The summed E-state index contributed by atoms with van der Waals surface area (Å²) in [4.78, 5) is 3.94. The van der Waals surface area contributed by atoms with Crippen molar-refractivity contribution in [3.63, 3.8) is 0 Å². The molecule has 0 aliphatic carbocycles. The molecule has 0 amide bonds. The molecule has 0 fully saturated rings. The molecule has 1 N–H and O–H groups in total. The SMILES string of the molecule is C/N=C(\OCO)c1cc(OC)c(OC)c(OC)c1. The maximum atomic E-state index is 8.79. The van der Waals surface area contributed by atoms with Crippen LogP contribution in [0.25, 0.3) is 0 Å². The summed E-state index contributed by atoms with van der Waals surface area (Å²) in [5, 5.41) is 8.79. The van der Waals surface area contributed by atoms with E-state index < -0.39 is 6.79 Å². The number of methoxy groups -OCH3 is 3. The average Bonchev–Trinajstić information content (AvgIpc) is 2.42. The van der Waals surface area contributed by atoms with Crippen LogP contribution in [0.4, 0.5) is 0 Å². The Morgan fingerprint density at radius 2 is 1.67 bits per heavy atom. The lowest BCUT2D eigenvalue weighted by Crippen LogP contribution is -2.08. The van der Waals surface area contributed by atoms with Gasteiger partial charge in [0.05, 0.1) is 21.3 Å². The summed E-state index contributed by atoms with van der Waals surface area (Å²) in [6.07, 6.45) is 0. The summed E-state index contributed by atoms with van der Waals surface area (Å²) in [5.74, 6) is 1.77. The molecule has 1 aromatic carbocycles. The van der Waals surface area contributed by atoms with E-state index in [0.717, 1.165) is 0 Å². The van der Waals surface area contributed by atoms with Crippen LogP contribution in [0.15, 0.2) is 17.1 Å². The van der Waals surface area contributed by atoms with Crippen molar-refractivity contribution in [3.8, 4) is 17.2 Å². The first kappa shape index (κ1) is 14.1. The van der Waals surface area contributed by atoms with E-state index in [0.29, 0.717) is 22.8 Å². The molecule has 6 heteroatoms. The molecule has 0 aliphatic rings. The van der Waals surface area contributed by atoms with Crippen molar-refractivity contribution in [2.24, 2.45) is 4.99 Å². The van der Waals surface area contributed by atoms with E-state index in [2.05, 4.69) is 4.99 Å². The molecule has 0 saturated carbocycles. The third-order valence-electron chi connectivity index (χ3n) is 2.32. The van der Waals surface area contributed by atoms with E-state index in [9.17, 15) is 0 Å². The zero-order valence-corrected chi connectivity index (χ0v) is 10.9. The summed E-state index contributed by atoms with van der Waals surface area (Å²) < 4.78 is 20.6. The second-order valence-electron chi connectivity index (χ2n) is 3.22. The van der Waals surface area contributed by atoms with Crippen LogP contribution in [-0.4, -0.2) is 46.2 Å². The van der Waals surface area contributed by atoms with Gasteiger partial charge in [-0.2, -0.15) is 0 Å². The zero-order chi connectivity index (χ0) is 13.5. The first-order valence-electron chi connectivity index (χ1n) is 5.22. The van der Waals surface area contributed by atoms with Gasteiger partial charge in [0, 0.05) is 12.6 Å². The first-order chi connectivity index (χ1) is 8.71. The number of hydrogen-bond donors (Lipinski definition) is 1. The van der Waals surface area contributed by atoms with Gasteiger partial charge in [-0.05, 0) is 12.1 Å². The Morgan fingerprint density at radius 1 is 1.11 bits per heavy atom. The Balaban J connectivity index is 3.30. The molecule has 6 nitrogen and oxygen atoms in total. The number of rotatable bonds is 5. The fraction of sp³-hybridized carbons (Fsp3) is 0.417. The van der Waals surface area contributed by atoms with Crippen LogP contribution in [-0.2, 0) is 4.74 Å². The van der Waals surface area contributed by atoms with Crippen molar-refractivity contribution in [2.75, 3.05) is 35.2 Å². The molecule has 0 aromatic heterocycles. The number of benzene rings is 1. The van der Waals surface area contributed by atoms with Gasteiger partial charge in [0.1, 0.15) is 0 Å². The lowest BCUT2D eigenvalue weighted by atomic mass is 10.1. The molecule has 0 aliphatic heterocycles. The second kappa shape index (κ2) is 6.70. The number of aliphatic hydroxyl groups is 1. The molecule has 0 bridgehead atoms. The highest BCUT2D eigenvalue weighted by molar-refractivity contribution is 5.95. The fourth-order valence-corrected chi connectivity index (χ4v) is 1.54. The van der Waals surface area contributed by atoms with Gasteiger partial charge >= 0.3 is 0 Å². The third kappa shape index (κ3) is 2.84. The average molecular weight is 255 g/mol. The van der Waals surface area contributed by atoms with Crippen molar-refractivity contribution in [1.29, 1.82) is 0 Å². The quantitative estimate of drug-likeness (QED) is 0.484. The minimum absolute atomic E-state index is 0.289. The molecule has 1 rings (SSSR count). The van der Waals surface area contributed by atoms with Gasteiger partial charge in [0.2, 0.25) is 11.6 Å². The Labute approximate surface area is 106 Å². The van der Waals surface area contributed by atoms with E-state index in [1.165, 1.54) is 21.3 Å². The summed E-state index contributed by atoms with van der Waals surface area (Å²) in [7, 11) is 6.14. The van der Waals surface area contributed by atoms with Gasteiger partial charge in [-0.25, -0.2) is 0 Å². The standard InChI is InChI=1S/C12H17NO5/c1-13-12(18-7-14)8-5-9(15-2)11(17-4)10(6-8)16-3/h5-6,14H,7H2,1-4H3/b13-12-. The van der Waals surface area contributed by atoms with Crippen LogP contribution in [0, 0.1) is 0 Å². The van der Waals surface area contributed by atoms with Crippen LogP contribution in [0.2, 0.25) is 0 Å². The lowest BCUT2D eigenvalue weighted by Gasteiger charge is -2.14. The molecule has 0 radical (unpaired) electrons. The number of ether oxygens (including phenoxy) is 4. The third-order valence-corrected chi connectivity index (χ3v) is 2.32. The van der Waals surface area contributed by atoms with Gasteiger partial charge in [0.15, 0.2) is 18.3 Å². The molecule has 100 valence electrons. The first-order valence-corrected chi connectivity index (χ1v) is 5.22. The van der Waals surface area contributed by atoms with Gasteiger partial charge < -0.3 is 24.1 Å². The van der Waals surface area contributed by atoms with Gasteiger partial charge in [-0.15, -0.1) is 0 Å². The van der Waals surface area contributed by atoms with Crippen molar-refractivity contribution in [3.05, 3.63) is 17.7 Å². The summed E-state index contributed by atoms with van der Waals surface area (Å²) in [6.45, 7) is -0.455. The lowest BCUT2D eigenvalue weighted by molar-refractivity contribution is 0.0889. The fourth-order valence-electron chi connectivity index (χ4n) is 1.54. The van der Waals surface area contributed by atoms with Crippen LogP contribution in [0.5, 0.6) is 17.2 Å². The van der Waals surface area contributed by atoms with Gasteiger partial charge in [0.25, 0.3) is 0 Å². The topological polar surface area (TPSA) is 69.5 Å². The maximum absolute atomic E-state index is 8.79. The largest absolute Gasteiger partial charge is 0.493 e. The molecule has 0 unspecified atom stereocenters. The van der Waals surface area contributed by atoms with Crippen LogP contribution >= 0.6 is 0 Å². The van der Waals surface area contributed by atoms with E-state index in [4.69, 9.17) is 24.1 Å². The number of nitrogens with zero attached hydrogens (tertiary/aromatic N) is 1.